The highest BCUT2D eigenvalue weighted by molar-refractivity contribution is 6.10. The number of hydrogen-bond acceptors (Lipinski definition) is 5. The zero-order valence-corrected chi connectivity index (χ0v) is 6.90. The summed E-state index contributed by atoms with van der Waals surface area (Å²) >= 11 is 0. The molecule has 1 aromatic heterocycles. The van der Waals surface area contributed by atoms with Crippen LogP contribution in [0.1, 0.15) is 5.69 Å². The molecule has 3 N–H and O–H groups in total. The summed E-state index contributed by atoms with van der Waals surface area (Å²) in [7, 11) is 1.49. The highest BCUT2D eigenvalue weighted by Gasteiger charge is 2.10. The number of nitrogens with zero attached hydrogens (tertiary/aromatic N) is 3. The number of nitrogen functional groups attached to an aromatic ring is 1. The summed E-state index contributed by atoms with van der Waals surface area (Å²) < 4.78 is 1.18. The topological polar surface area (TPSA) is 109 Å². The van der Waals surface area contributed by atoms with E-state index in [0.29, 0.717) is 0 Å². The zero-order valence-electron chi connectivity index (χ0n) is 6.90. The fraction of sp³-hybridized carbons (Fsp3) is 0.143. The first-order chi connectivity index (χ1) is 6.07. The van der Waals surface area contributed by atoms with Crippen molar-refractivity contribution in [3.63, 3.8) is 0 Å². The third-order valence-corrected chi connectivity index (χ3v) is 1.51. The van der Waals surface area contributed by atoms with Crippen molar-refractivity contribution >= 4 is 11.4 Å². The molecule has 0 aliphatic heterocycles. The van der Waals surface area contributed by atoms with Gasteiger partial charge in [0.2, 0.25) is 0 Å². The van der Waals surface area contributed by atoms with Crippen molar-refractivity contribution in [3.8, 4) is 6.07 Å². The molecule has 0 saturated heterocycles. The summed E-state index contributed by atoms with van der Waals surface area (Å²) in [6.45, 7) is 0. The van der Waals surface area contributed by atoms with E-state index in [-0.39, 0.29) is 11.4 Å². The Labute approximate surface area is 73.8 Å². The molecule has 0 saturated carbocycles. The van der Waals surface area contributed by atoms with Crippen LogP contribution in [0.4, 0.5) is 5.69 Å². The molecule has 6 nitrogen and oxygen atoms in total. The van der Waals surface area contributed by atoms with Gasteiger partial charge in [-0.25, -0.2) is 4.98 Å². The number of rotatable bonds is 1. The lowest BCUT2D eigenvalue weighted by molar-refractivity contribution is 0.826. The van der Waals surface area contributed by atoms with Crippen LogP contribution in [0.25, 0.3) is 0 Å². The Morgan fingerprint density at radius 1 is 1.85 bits per heavy atom. The number of hydrogen-bond donors (Lipinski definition) is 2. The van der Waals surface area contributed by atoms with Crippen LogP contribution in [0.5, 0.6) is 0 Å². The largest absolute Gasteiger partial charge is 0.392 e. The van der Waals surface area contributed by atoms with Crippen LogP contribution in [0.3, 0.4) is 0 Å². The average molecular weight is 177 g/mol. The molecular formula is C7H7N5O. The maximum atomic E-state index is 11.2. The van der Waals surface area contributed by atoms with Crippen molar-refractivity contribution in [1.82, 2.24) is 9.55 Å². The minimum Gasteiger partial charge on any atom is -0.392 e. The first-order valence-electron chi connectivity index (χ1n) is 3.38. The van der Waals surface area contributed by atoms with Crippen molar-refractivity contribution in [3.05, 3.63) is 22.4 Å². The summed E-state index contributed by atoms with van der Waals surface area (Å²) in [4.78, 5) is 14.9. The summed E-state index contributed by atoms with van der Waals surface area (Å²) in [6.07, 6.45) is 1.22. The second kappa shape index (κ2) is 3.06. The maximum absolute atomic E-state index is 11.2. The van der Waals surface area contributed by atoms with Gasteiger partial charge >= 0.3 is 0 Å². The van der Waals surface area contributed by atoms with Crippen LogP contribution in [0, 0.1) is 16.7 Å². The van der Waals surface area contributed by atoms with Crippen molar-refractivity contribution in [2.75, 3.05) is 5.73 Å². The zero-order chi connectivity index (χ0) is 10.0. The summed E-state index contributed by atoms with van der Waals surface area (Å²) in [5.41, 5.74) is 4.28. The number of aromatic nitrogens is 2. The average Bonchev–Trinajstić information content (AvgIpc) is 2.13. The monoisotopic (exact) mass is 177 g/mol. The van der Waals surface area contributed by atoms with Gasteiger partial charge in [0, 0.05) is 7.05 Å². The highest BCUT2D eigenvalue weighted by atomic mass is 16.1. The van der Waals surface area contributed by atoms with Crippen LogP contribution < -0.4 is 11.3 Å². The second-order valence-corrected chi connectivity index (χ2v) is 2.41. The predicted molar refractivity (Wildman–Crippen MR) is 46.3 cm³/mol. The molecule has 0 unspecified atom stereocenters. The number of nitrogens with one attached hydrogen (secondary N) is 1. The van der Waals surface area contributed by atoms with E-state index in [2.05, 4.69) is 4.98 Å². The molecule has 66 valence electrons. The van der Waals surface area contributed by atoms with Crippen LogP contribution in [-0.4, -0.2) is 15.3 Å². The molecule has 0 amide bonds. The van der Waals surface area contributed by atoms with Crippen LogP contribution in [0.15, 0.2) is 11.1 Å². The summed E-state index contributed by atoms with van der Waals surface area (Å²) in [5.74, 6) is 0. The van der Waals surface area contributed by atoms with E-state index in [1.807, 2.05) is 0 Å². The lowest BCUT2D eigenvalue weighted by atomic mass is 10.2. The molecule has 13 heavy (non-hydrogen) atoms. The first-order valence-corrected chi connectivity index (χ1v) is 3.38. The van der Waals surface area contributed by atoms with E-state index in [1.165, 1.54) is 17.9 Å². The Morgan fingerprint density at radius 3 is 3.00 bits per heavy atom. The van der Waals surface area contributed by atoms with E-state index in [0.717, 1.165) is 0 Å². The Kier molecular flexibility index (Phi) is 2.11. The third-order valence-electron chi connectivity index (χ3n) is 1.51. The normalized spacial score (nSPS) is 9.23. The smallest absolute Gasteiger partial charge is 0.276 e. The van der Waals surface area contributed by atoms with Crippen molar-refractivity contribution in [2.45, 2.75) is 0 Å². The molecule has 0 aliphatic carbocycles. The lowest BCUT2D eigenvalue weighted by Crippen LogP contribution is -2.24. The van der Waals surface area contributed by atoms with Gasteiger partial charge in [0.15, 0.2) is 5.71 Å². The second-order valence-electron chi connectivity index (χ2n) is 2.41. The molecule has 0 radical (unpaired) electrons. The molecule has 0 spiro atoms. The molecule has 0 aliphatic rings. The minimum atomic E-state index is -0.454. The number of anilines is 1. The van der Waals surface area contributed by atoms with Crippen molar-refractivity contribution in [2.24, 2.45) is 7.05 Å². The molecule has 6 heteroatoms. The Bertz CT molecular complexity index is 453. The number of aryl methyl sites for hydroxylation is 1. The maximum Gasteiger partial charge on any atom is 0.276 e. The molecule has 0 bridgehead atoms. The van der Waals surface area contributed by atoms with Crippen molar-refractivity contribution < 1.29 is 0 Å². The van der Waals surface area contributed by atoms with Gasteiger partial charge in [0.1, 0.15) is 17.5 Å². The van der Waals surface area contributed by atoms with E-state index < -0.39 is 11.3 Å². The quantitative estimate of drug-likeness (QED) is 0.550. The van der Waals surface area contributed by atoms with E-state index in [1.54, 1.807) is 6.07 Å². The van der Waals surface area contributed by atoms with Gasteiger partial charge in [-0.3, -0.25) is 10.2 Å². The summed E-state index contributed by atoms with van der Waals surface area (Å²) in [6, 6.07) is 1.56. The molecule has 0 fully saturated rings. The van der Waals surface area contributed by atoms with Gasteiger partial charge in [0.05, 0.1) is 6.33 Å². The fourth-order valence-electron chi connectivity index (χ4n) is 0.810. The summed E-state index contributed by atoms with van der Waals surface area (Å²) in [5, 5.41) is 15.5. The predicted octanol–water partition coefficient (Wildman–Crippen LogP) is -0.746. The van der Waals surface area contributed by atoms with Crippen molar-refractivity contribution in [1.29, 1.82) is 10.7 Å². The van der Waals surface area contributed by atoms with Gasteiger partial charge < -0.3 is 10.3 Å². The highest BCUT2D eigenvalue weighted by Crippen LogP contribution is 2.00. The van der Waals surface area contributed by atoms with Gasteiger partial charge in [-0.1, -0.05) is 0 Å². The molecule has 0 aromatic carbocycles. The van der Waals surface area contributed by atoms with Crippen LogP contribution >= 0.6 is 0 Å². The molecular weight excluding hydrogens is 170 g/mol. The first kappa shape index (κ1) is 8.93. The van der Waals surface area contributed by atoms with E-state index in [9.17, 15) is 4.79 Å². The molecule has 1 heterocycles. The Morgan fingerprint density at radius 2 is 2.46 bits per heavy atom. The number of nitrogens with two attached hydrogens (primary N) is 1. The minimum absolute atomic E-state index is 0.0643. The number of nitriles is 1. The fourth-order valence-corrected chi connectivity index (χ4v) is 0.810. The molecule has 1 aromatic rings. The van der Waals surface area contributed by atoms with Gasteiger partial charge in [0.25, 0.3) is 5.56 Å². The lowest BCUT2D eigenvalue weighted by Gasteiger charge is -2.01. The van der Waals surface area contributed by atoms with Gasteiger partial charge in [-0.05, 0) is 0 Å². The Balaban J connectivity index is 3.45. The van der Waals surface area contributed by atoms with E-state index in [4.69, 9.17) is 16.4 Å². The Hall–Kier alpha value is -2.16. The molecule has 0 atom stereocenters. The van der Waals surface area contributed by atoms with Gasteiger partial charge in [-0.2, -0.15) is 5.26 Å². The van der Waals surface area contributed by atoms with E-state index >= 15 is 0 Å². The molecule has 1 rings (SSSR count). The van der Waals surface area contributed by atoms with Crippen LogP contribution in [0.2, 0.25) is 0 Å². The third kappa shape index (κ3) is 1.39. The van der Waals surface area contributed by atoms with Gasteiger partial charge in [-0.15, -0.1) is 0 Å². The van der Waals surface area contributed by atoms with Crippen LogP contribution in [-0.2, 0) is 7.05 Å². The standard InChI is InChI=1S/C7H7N5O/c1-12-3-11-6(4(9)2-8)5(10)7(12)13/h3,9H,10H2,1H3. The SMILES string of the molecule is Cn1cnc(C(=N)C#N)c(N)c1=O.